The van der Waals surface area contributed by atoms with E-state index in [1.165, 1.54) is 26.2 Å². The molecule has 0 saturated heterocycles. The van der Waals surface area contributed by atoms with Crippen LogP contribution >= 0.6 is 0 Å². The highest BCUT2D eigenvalue weighted by molar-refractivity contribution is 7.89. The van der Waals surface area contributed by atoms with Crippen molar-refractivity contribution in [2.75, 3.05) is 14.1 Å². The SMILES string of the molecule is [B]c1cccc(S(=O)(=O)N(C)C)c1. The predicted octanol–water partition coefficient (Wildman–Crippen LogP) is -0.269. The van der Waals surface area contributed by atoms with Crippen molar-refractivity contribution in [3.05, 3.63) is 24.3 Å². The van der Waals surface area contributed by atoms with Crippen molar-refractivity contribution in [2.24, 2.45) is 0 Å². The minimum atomic E-state index is -3.35. The summed E-state index contributed by atoms with van der Waals surface area (Å²) >= 11 is 0. The minimum absolute atomic E-state index is 0.220. The Hall–Kier alpha value is -0.805. The Morgan fingerprint density at radius 1 is 1.31 bits per heavy atom. The van der Waals surface area contributed by atoms with Crippen LogP contribution in [0.5, 0.6) is 0 Å². The maximum Gasteiger partial charge on any atom is 0.242 e. The van der Waals surface area contributed by atoms with E-state index in [1.807, 2.05) is 0 Å². The van der Waals surface area contributed by atoms with Gasteiger partial charge in [0.15, 0.2) is 0 Å². The second-order valence-corrected chi connectivity index (χ2v) is 5.01. The van der Waals surface area contributed by atoms with Crippen molar-refractivity contribution < 1.29 is 8.42 Å². The molecular weight excluding hydrogens is 185 g/mol. The third-order valence-electron chi connectivity index (χ3n) is 1.64. The van der Waals surface area contributed by atoms with E-state index in [2.05, 4.69) is 0 Å². The average molecular weight is 195 g/mol. The standard InChI is InChI=1S/C8H10BNO2S/c1-10(2)13(11,12)8-5-3-4-7(9)6-8/h3-6H,1-2H3. The Bertz CT molecular complexity index is 400. The zero-order valence-corrected chi connectivity index (χ0v) is 8.38. The monoisotopic (exact) mass is 195 g/mol. The smallest absolute Gasteiger partial charge is 0.207 e. The van der Waals surface area contributed by atoms with Gasteiger partial charge in [0.2, 0.25) is 10.0 Å². The first-order valence-corrected chi connectivity index (χ1v) is 5.16. The lowest BCUT2D eigenvalue weighted by molar-refractivity contribution is 0.521. The van der Waals surface area contributed by atoms with Gasteiger partial charge in [0.25, 0.3) is 0 Å². The molecule has 0 saturated carbocycles. The Morgan fingerprint density at radius 3 is 2.38 bits per heavy atom. The van der Waals surface area contributed by atoms with Gasteiger partial charge >= 0.3 is 0 Å². The lowest BCUT2D eigenvalue weighted by Gasteiger charge is -2.11. The van der Waals surface area contributed by atoms with Crippen LogP contribution in [0.15, 0.2) is 29.2 Å². The van der Waals surface area contributed by atoms with Crippen molar-refractivity contribution in [2.45, 2.75) is 4.90 Å². The molecular formula is C8H10BNO2S. The molecule has 0 spiro atoms. The van der Waals surface area contributed by atoms with Gasteiger partial charge in [-0.25, -0.2) is 12.7 Å². The van der Waals surface area contributed by atoms with Crippen LogP contribution in [0.25, 0.3) is 0 Å². The third kappa shape index (κ3) is 2.11. The Balaban J connectivity index is 3.24. The highest BCUT2D eigenvalue weighted by Gasteiger charge is 2.16. The molecule has 0 amide bonds. The van der Waals surface area contributed by atoms with Crippen molar-refractivity contribution >= 4 is 23.3 Å². The quantitative estimate of drug-likeness (QED) is 0.609. The topological polar surface area (TPSA) is 37.4 Å². The van der Waals surface area contributed by atoms with Crippen molar-refractivity contribution in [1.29, 1.82) is 0 Å². The summed E-state index contributed by atoms with van der Waals surface area (Å²) in [7, 11) is 5.10. The molecule has 1 aromatic carbocycles. The summed E-state index contributed by atoms with van der Waals surface area (Å²) in [6.07, 6.45) is 0. The molecule has 0 fully saturated rings. The average Bonchev–Trinajstić information content (AvgIpc) is 2.04. The summed E-state index contributed by atoms with van der Waals surface area (Å²) < 4.78 is 24.3. The maximum absolute atomic E-state index is 11.6. The van der Waals surface area contributed by atoms with E-state index >= 15 is 0 Å². The van der Waals surface area contributed by atoms with Crippen molar-refractivity contribution in [1.82, 2.24) is 4.31 Å². The van der Waals surface area contributed by atoms with Gasteiger partial charge in [-0.2, -0.15) is 0 Å². The lowest BCUT2D eigenvalue weighted by Crippen LogP contribution is -2.23. The predicted molar refractivity (Wildman–Crippen MR) is 52.7 cm³/mol. The first-order valence-electron chi connectivity index (χ1n) is 3.72. The normalized spacial score (nSPS) is 11.9. The second kappa shape index (κ2) is 3.51. The molecule has 1 rings (SSSR count). The fourth-order valence-corrected chi connectivity index (χ4v) is 1.84. The van der Waals surface area contributed by atoms with Crippen LogP contribution in [0.4, 0.5) is 0 Å². The van der Waals surface area contributed by atoms with Gasteiger partial charge in [-0.1, -0.05) is 17.6 Å². The molecule has 13 heavy (non-hydrogen) atoms. The van der Waals surface area contributed by atoms with E-state index < -0.39 is 10.0 Å². The Labute approximate surface area is 79.8 Å². The van der Waals surface area contributed by atoms with Gasteiger partial charge in [-0.15, -0.1) is 0 Å². The van der Waals surface area contributed by atoms with E-state index in [1.54, 1.807) is 12.1 Å². The highest BCUT2D eigenvalue weighted by Crippen LogP contribution is 2.09. The first kappa shape index (κ1) is 10.3. The summed E-state index contributed by atoms with van der Waals surface area (Å²) in [6.45, 7) is 0. The van der Waals surface area contributed by atoms with Crippen LogP contribution in [-0.4, -0.2) is 34.7 Å². The van der Waals surface area contributed by atoms with Gasteiger partial charge in [0.05, 0.1) is 4.90 Å². The van der Waals surface area contributed by atoms with Crippen LogP contribution in [-0.2, 0) is 10.0 Å². The largest absolute Gasteiger partial charge is 0.242 e. The van der Waals surface area contributed by atoms with E-state index in [0.29, 0.717) is 5.46 Å². The zero-order valence-electron chi connectivity index (χ0n) is 7.56. The number of hydrogen-bond donors (Lipinski definition) is 0. The molecule has 0 unspecified atom stereocenters. The summed E-state index contributed by atoms with van der Waals surface area (Å²) in [6, 6.07) is 6.22. The lowest BCUT2D eigenvalue weighted by atomic mass is 9.97. The first-order chi connectivity index (χ1) is 5.94. The van der Waals surface area contributed by atoms with Gasteiger partial charge < -0.3 is 0 Å². The van der Waals surface area contributed by atoms with E-state index in [0.717, 1.165) is 4.31 Å². The molecule has 3 nitrogen and oxygen atoms in total. The van der Waals surface area contributed by atoms with E-state index in [9.17, 15) is 8.42 Å². The van der Waals surface area contributed by atoms with Crippen LogP contribution < -0.4 is 5.46 Å². The molecule has 0 aliphatic carbocycles. The molecule has 2 radical (unpaired) electrons. The molecule has 0 atom stereocenters. The summed E-state index contributed by atoms with van der Waals surface area (Å²) in [5.41, 5.74) is 0.447. The van der Waals surface area contributed by atoms with Crippen LogP contribution in [0.1, 0.15) is 0 Å². The number of nitrogens with zero attached hydrogens (tertiary/aromatic N) is 1. The third-order valence-corrected chi connectivity index (χ3v) is 3.45. The summed E-state index contributed by atoms with van der Waals surface area (Å²) in [5.74, 6) is 0. The van der Waals surface area contributed by atoms with Crippen LogP contribution in [0, 0.1) is 0 Å². The van der Waals surface area contributed by atoms with Gasteiger partial charge in [-0.3, -0.25) is 0 Å². The van der Waals surface area contributed by atoms with E-state index in [4.69, 9.17) is 7.85 Å². The van der Waals surface area contributed by atoms with Gasteiger partial charge in [-0.05, 0) is 12.1 Å². The Kier molecular flexibility index (Phi) is 2.78. The fourth-order valence-electron chi connectivity index (χ4n) is 0.886. The van der Waals surface area contributed by atoms with Crippen LogP contribution in [0.3, 0.4) is 0 Å². The van der Waals surface area contributed by atoms with Crippen molar-refractivity contribution in [3.63, 3.8) is 0 Å². The van der Waals surface area contributed by atoms with Gasteiger partial charge in [0.1, 0.15) is 7.85 Å². The summed E-state index contributed by atoms with van der Waals surface area (Å²) in [5, 5.41) is 0. The van der Waals surface area contributed by atoms with Crippen LogP contribution in [0.2, 0.25) is 0 Å². The molecule has 1 aromatic rings. The maximum atomic E-state index is 11.6. The molecule has 0 aliphatic rings. The summed E-state index contributed by atoms with van der Waals surface area (Å²) in [4.78, 5) is 0.220. The van der Waals surface area contributed by atoms with E-state index in [-0.39, 0.29) is 4.90 Å². The minimum Gasteiger partial charge on any atom is -0.207 e. The molecule has 5 heteroatoms. The molecule has 0 aromatic heterocycles. The van der Waals surface area contributed by atoms with Gasteiger partial charge in [0, 0.05) is 14.1 Å². The number of benzene rings is 1. The number of hydrogen-bond acceptors (Lipinski definition) is 2. The molecule has 0 heterocycles. The molecule has 0 bridgehead atoms. The number of rotatable bonds is 2. The molecule has 68 valence electrons. The zero-order chi connectivity index (χ0) is 10.1. The highest BCUT2D eigenvalue weighted by atomic mass is 32.2. The number of sulfonamides is 1. The second-order valence-electron chi connectivity index (χ2n) is 2.86. The fraction of sp³-hybridized carbons (Fsp3) is 0.250. The molecule has 0 N–H and O–H groups in total. The van der Waals surface area contributed by atoms with Crippen molar-refractivity contribution in [3.8, 4) is 0 Å². The Morgan fingerprint density at radius 2 is 1.92 bits per heavy atom. The molecule has 0 aliphatic heterocycles.